The van der Waals surface area contributed by atoms with Crippen LogP contribution in [0.3, 0.4) is 0 Å². The maximum absolute atomic E-state index is 13.4. The van der Waals surface area contributed by atoms with Gasteiger partial charge in [0, 0.05) is 10.2 Å². The second kappa shape index (κ2) is 5.80. The Labute approximate surface area is 165 Å². The van der Waals surface area contributed by atoms with Gasteiger partial charge in [0.2, 0.25) is 11.2 Å². The van der Waals surface area contributed by atoms with Crippen LogP contribution in [0.4, 0.5) is 5.69 Å². The highest BCUT2D eigenvalue weighted by atomic mass is 79.9. The molecule has 4 aliphatic rings. The van der Waals surface area contributed by atoms with Crippen molar-refractivity contribution in [2.24, 2.45) is 17.3 Å². The van der Waals surface area contributed by atoms with E-state index < -0.39 is 0 Å². The summed E-state index contributed by atoms with van der Waals surface area (Å²) in [5.74, 6) is 1.31. The molecule has 1 aromatic carbocycles. The van der Waals surface area contributed by atoms with E-state index in [-0.39, 0.29) is 22.1 Å². The van der Waals surface area contributed by atoms with Crippen LogP contribution >= 0.6 is 27.5 Å². The molecule has 0 spiro atoms. The number of carbonyl (C=O) groups is 1. The number of benzene rings is 1. The molecule has 4 bridgehead atoms. The Morgan fingerprint density at radius 2 is 2.04 bits per heavy atom. The molecule has 0 radical (unpaired) electrons. The number of carbonyl (C=O) groups excluding carboxylic acids is 1. The number of rotatable bonds is 3. The zero-order chi connectivity index (χ0) is 17.9. The molecule has 6 rings (SSSR count). The number of anilines is 1. The third-order valence-corrected chi connectivity index (χ3v) is 7.21. The summed E-state index contributed by atoms with van der Waals surface area (Å²) in [7, 11) is 0. The molecule has 2 atom stereocenters. The molecule has 1 aromatic heterocycles. The van der Waals surface area contributed by atoms with Gasteiger partial charge in [-0.25, -0.2) is 9.67 Å². The van der Waals surface area contributed by atoms with Gasteiger partial charge >= 0.3 is 0 Å². The summed E-state index contributed by atoms with van der Waals surface area (Å²) < 4.78 is 2.92. The average molecular weight is 436 g/mol. The number of nitrogens with one attached hydrogen (secondary N) is 1. The van der Waals surface area contributed by atoms with E-state index in [1.54, 1.807) is 6.33 Å². The predicted octanol–water partition coefficient (Wildman–Crippen LogP) is 4.63. The fourth-order valence-corrected chi connectivity index (χ4v) is 6.57. The van der Waals surface area contributed by atoms with Gasteiger partial charge in [0.1, 0.15) is 6.33 Å². The van der Waals surface area contributed by atoms with E-state index in [1.807, 2.05) is 28.9 Å². The van der Waals surface area contributed by atoms with Crippen molar-refractivity contribution in [3.8, 4) is 0 Å². The fraction of sp³-hybridized carbons (Fsp3) is 0.526. The molecule has 5 nitrogen and oxygen atoms in total. The first kappa shape index (κ1) is 16.8. The van der Waals surface area contributed by atoms with E-state index in [4.69, 9.17) is 11.6 Å². The minimum Gasteiger partial charge on any atom is -0.326 e. The summed E-state index contributed by atoms with van der Waals surface area (Å²) in [4.78, 5) is 17.5. The number of hydrogen-bond acceptors (Lipinski definition) is 3. The molecule has 1 amide bonds. The standard InChI is InChI=1S/C19H20BrClN4O/c20-14-2-1-3-15(5-14)23-16(26)18-6-12-4-13(7-18)9-19(8-12,10-18)25-11-22-17(21)24-25/h1-3,5,11-13H,4,6-10H2,(H,23,26)/t12-,13-,18?,19?/m0/s1. The normalized spacial score (nSPS) is 34.8. The third-order valence-electron chi connectivity index (χ3n) is 6.54. The largest absolute Gasteiger partial charge is 0.326 e. The van der Waals surface area contributed by atoms with Crippen LogP contribution in [0.25, 0.3) is 0 Å². The highest BCUT2D eigenvalue weighted by Crippen LogP contribution is 2.64. The molecular formula is C19H20BrClN4O. The van der Waals surface area contributed by atoms with Gasteiger partial charge in [-0.3, -0.25) is 4.79 Å². The van der Waals surface area contributed by atoms with E-state index in [1.165, 1.54) is 6.42 Å². The summed E-state index contributed by atoms with van der Waals surface area (Å²) in [5.41, 5.74) is 0.418. The van der Waals surface area contributed by atoms with Crippen LogP contribution in [-0.4, -0.2) is 20.7 Å². The Morgan fingerprint density at radius 1 is 1.27 bits per heavy atom. The monoisotopic (exact) mass is 434 g/mol. The van der Waals surface area contributed by atoms with Gasteiger partial charge in [-0.15, -0.1) is 5.10 Å². The van der Waals surface area contributed by atoms with Gasteiger partial charge in [-0.05, 0) is 80.2 Å². The first-order valence-corrected chi connectivity index (χ1v) is 10.3. The van der Waals surface area contributed by atoms with Crippen molar-refractivity contribution in [1.29, 1.82) is 0 Å². The molecule has 4 saturated carbocycles. The number of halogens is 2. The summed E-state index contributed by atoms with van der Waals surface area (Å²) in [6.45, 7) is 0. The zero-order valence-electron chi connectivity index (χ0n) is 14.3. The van der Waals surface area contributed by atoms with Gasteiger partial charge in [-0.2, -0.15) is 0 Å². The van der Waals surface area contributed by atoms with Crippen molar-refractivity contribution in [1.82, 2.24) is 14.8 Å². The molecule has 26 heavy (non-hydrogen) atoms. The lowest BCUT2D eigenvalue weighted by Gasteiger charge is -2.60. The Morgan fingerprint density at radius 3 is 2.69 bits per heavy atom. The van der Waals surface area contributed by atoms with Crippen molar-refractivity contribution in [3.05, 3.63) is 40.3 Å². The summed E-state index contributed by atoms with van der Waals surface area (Å²) in [6.07, 6.45) is 7.92. The van der Waals surface area contributed by atoms with Gasteiger partial charge < -0.3 is 5.32 Å². The highest BCUT2D eigenvalue weighted by Gasteiger charge is 2.61. The van der Waals surface area contributed by atoms with Crippen molar-refractivity contribution in [2.45, 2.75) is 44.1 Å². The number of amides is 1. The number of aromatic nitrogens is 3. The lowest BCUT2D eigenvalue weighted by Crippen LogP contribution is -2.60. The van der Waals surface area contributed by atoms with Crippen molar-refractivity contribution >= 4 is 39.1 Å². The molecule has 0 unspecified atom stereocenters. The van der Waals surface area contributed by atoms with Gasteiger partial charge in [0.25, 0.3) is 0 Å². The van der Waals surface area contributed by atoms with Crippen LogP contribution in [0.5, 0.6) is 0 Å². The van der Waals surface area contributed by atoms with Crippen LogP contribution in [0.15, 0.2) is 35.1 Å². The van der Waals surface area contributed by atoms with Crippen LogP contribution in [0, 0.1) is 17.3 Å². The van der Waals surface area contributed by atoms with Crippen LogP contribution < -0.4 is 5.32 Å². The second-order valence-corrected chi connectivity index (χ2v) is 9.64. The van der Waals surface area contributed by atoms with Crippen molar-refractivity contribution < 1.29 is 4.79 Å². The number of hydrogen-bond donors (Lipinski definition) is 1. The Hall–Kier alpha value is -1.40. The first-order chi connectivity index (χ1) is 12.5. The maximum Gasteiger partial charge on any atom is 0.242 e. The van der Waals surface area contributed by atoms with Crippen molar-refractivity contribution in [3.63, 3.8) is 0 Å². The quantitative estimate of drug-likeness (QED) is 0.765. The van der Waals surface area contributed by atoms with Crippen LogP contribution in [0.2, 0.25) is 5.28 Å². The minimum atomic E-state index is -0.315. The maximum atomic E-state index is 13.4. The number of nitrogens with zero attached hydrogens (tertiary/aromatic N) is 3. The molecule has 0 saturated heterocycles. The van der Waals surface area contributed by atoms with E-state index in [0.29, 0.717) is 11.8 Å². The zero-order valence-corrected chi connectivity index (χ0v) is 16.6. The van der Waals surface area contributed by atoms with Crippen LogP contribution in [-0.2, 0) is 10.3 Å². The molecule has 4 fully saturated rings. The van der Waals surface area contributed by atoms with E-state index >= 15 is 0 Å². The SMILES string of the molecule is O=C(Nc1cccc(Br)c1)C12C[C@@H]3C[C@@H](C1)CC(n1cnc(Cl)n1)(C3)C2. The highest BCUT2D eigenvalue weighted by molar-refractivity contribution is 9.10. The molecular weight excluding hydrogens is 416 g/mol. The van der Waals surface area contributed by atoms with Crippen LogP contribution in [0.1, 0.15) is 38.5 Å². The molecule has 1 N–H and O–H groups in total. The van der Waals surface area contributed by atoms with E-state index in [9.17, 15) is 4.79 Å². The van der Waals surface area contributed by atoms with E-state index in [2.05, 4.69) is 31.3 Å². The molecule has 7 heteroatoms. The molecule has 2 aromatic rings. The minimum absolute atomic E-state index is 0.112. The van der Waals surface area contributed by atoms with E-state index in [0.717, 1.165) is 42.3 Å². The smallest absolute Gasteiger partial charge is 0.242 e. The lowest BCUT2D eigenvalue weighted by atomic mass is 9.46. The van der Waals surface area contributed by atoms with Gasteiger partial charge in [0.15, 0.2) is 0 Å². The summed E-state index contributed by atoms with van der Waals surface area (Å²) in [5, 5.41) is 7.88. The lowest BCUT2D eigenvalue weighted by molar-refractivity contribution is -0.150. The molecule has 0 aliphatic heterocycles. The Bertz CT molecular complexity index is 868. The predicted molar refractivity (Wildman–Crippen MR) is 103 cm³/mol. The topological polar surface area (TPSA) is 59.8 Å². The van der Waals surface area contributed by atoms with Gasteiger partial charge in [0.05, 0.1) is 11.0 Å². The average Bonchev–Trinajstić information content (AvgIpc) is 3.01. The first-order valence-electron chi connectivity index (χ1n) is 9.11. The molecule has 4 aliphatic carbocycles. The van der Waals surface area contributed by atoms with Crippen molar-refractivity contribution in [2.75, 3.05) is 5.32 Å². The second-order valence-electron chi connectivity index (χ2n) is 8.39. The molecule has 136 valence electrons. The fourth-order valence-electron chi connectivity index (χ4n) is 6.05. The summed E-state index contributed by atoms with van der Waals surface area (Å²) in [6, 6.07) is 7.80. The Kier molecular flexibility index (Phi) is 3.73. The van der Waals surface area contributed by atoms with Gasteiger partial charge in [-0.1, -0.05) is 22.0 Å². The third kappa shape index (κ3) is 2.61. The molecule has 1 heterocycles. The summed E-state index contributed by atoms with van der Waals surface area (Å²) >= 11 is 9.47. The Balaban J connectivity index is 1.47.